The van der Waals surface area contributed by atoms with E-state index in [0.29, 0.717) is 0 Å². The first kappa shape index (κ1) is 13.5. The highest BCUT2D eigenvalue weighted by atomic mass is 16.5. The summed E-state index contributed by atoms with van der Waals surface area (Å²) in [6, 6.07) is -0.254. The van der Waals surface area contributed by atoms with Crippen molar-refractivity contribution in [3.63, 3.8) is 0 Å². The Labute approximate surface area is 97.9 Å². The molecule has 94 valence electrons. The third kappa shape index (κ3) is 3.19. The van der Waals surface area contributed by atoms with E-state index < -0.39 is 6.04 Å². The predicted molar refractivity (Wildman–Crippen MR) is 64.0 cm³/mol. The molecule has 4 atom stereocenters. The van der Waals surface area contributed by atoms with E-state index in [1.807, 2.05) is 13.8 Å². The first-order valence-electron chi connectivity index (χ1n) is 6.18. The minimum Gasteiger partial charge on any atom is -0.379 e. The fourth-order valence-electron chi connectivity index (χ4n) is 2.16. The maximum Gasteiger partial charge on any atom is 0.237 e. The summed E-state index contributed by atoms with van der Waals surface area (Å²) in [5, 5.41) is 3.01. The Morgan fingerprint density at radius 3 is 2.81 bits per heavy atom. The maximum atomic E-state index is 11.9. The number of ether oxygens (including phenoxy) is 1. The number of methoxy groups -OCH3 is 1. The molecule has 0 aromatic rings. The Balaban J connectivity index is 2.44. The molecule has 0 radical (unpaired) electrons. The molecule has 0 aromatic carbocycles. The molecule has 0 bridgehead atoms. The molecule has 4 nitrogen and oxygen atoms in total. The van der Waals surface area contributed by atoms with Gasteiger partial charge >= 0.3 is 0 Å². The first-order chi connectivity index (χ1) is 7.60. The number of nitrogens with two attached hydrogens (primary N) is 1. The molecule has 1 fully saturated rings. The van der Waals surface area contributed by atoms with Crippen LogP contribution in [-0.2, 0) is 9.53 Å². The molecule has 1 amide bonds. The van der Waals surface area contributed by atoms with Crippen molar-refractivity contribution in [2.24, 2.45) is 11.7 Å². The van der Waals surface area contributed by atoms with Crippen molar-refractivity contribution in [2.75, 3.05) is 7.11 Å². The van der Waals surface area contributed by atoms with Gasteiger partial charge in [0, 0.05) is 7.11 Å². The van der Waals surface area contributed by atoms with E-state index in [2.05, 4.69) is 5.32 Å². The van der Waals surface area contributed by atoms with E-state index in [0.717, 1.165) is 25.7 Å². The van der Waals surface area contributed by atoms with E-state index in [9.17, 15) is 4.79 Å². The molecule has 0 saturated heterocycles. The lowest BCUT2D eigenvalue weighted by Crippen LogP contribution is -2.50. The Hall–Kier alpha value is -0.610. The average Bonchev–Trinajstić information content (AvgIpc) is 2.74. The second-order valence-corrected chi connectivity index (χ2v) is 4.73. The van der Waals surface area contributed by atoms with Crippen molar-refractivity contribution in [1.29, 1.82) is 0 Å². The summed E-state index contributed by atoms with van der Waals surface area (Å²) in [7, 11) is 1.70. The van der Waals surface area contributed by atoms with Crippen LogP contribution in [0, 0.1) is 5.92 Å². The third-order valence-electron chi connectivity index (χ3n) is 3.64. The summed E-state index contributed by atoms with van der Waals surface area (Å²) in [4.78, 5) is 11.9. The second kappa shape index (κ2) is 6.21. The summed E-state index contributed by atoms with van der Waals surface area (Å²) in [5.74, 6) is 0.186. The molecular formula is C12H24N2O2. The van der Waals surface area contributed by atoms with Crippen LogP contribution in [0.3, 0.4) is 0 Å². The molecule has 16 heavy (non-hydrogen) atoms. The topological polar surface area (TPSA) is 64.4 Å². The average molecular weight is 228 g/mol. The molecule has 3 N–H and O–H groups in total. The van der Waals surface area contributed by atoms with Crippen LogP contribution < -0.4 is 11.1 Å². The second-order valence-electron chi connectivity index (χ2n) is 4.73. The van der Waals surface area contributed by atoms with Crippen molar-refractivity contribution >= 4 is 5.91 Å². The van der Waals surface area contributed by atoms with E-state index in [1.54, 1.807) is 7.11 Å². The minimum absolute atomic E-state index is 0.0386. The number of hydrogen-bond donors (Lipinski definition) is 2. The standard InChI is InChI=1S/C12H24N2O2/c1-4-8(2)11(13)12(15)14-9-6-5-7-10(9)16-3/h8-11H,4-7,13H2,1-3H3,(H,14,15)/t8-,9?,10?,11-/m0/s1. The molecule has 1 aliphatic rings. The van der Waals surface area contributed by atoms with Gasteiger partial charge < -0.3 is 15.8 Å². The van der Waals surface area contributed by atoms with Crippen molar-refractivity contribution in [3.8, 4) is 0 Å². The summed E-state index contributed by atoms with van der Waals surface area (Å²) in [6.07, 6.45) is 4.22. The van der Waals surface area contributed by atoms with Crippen LogP contribution in [0.15, 0.2) is 0 Å². The molecule has 0 aromatic heterocycles. The number of amides is 1. The molecule has 1 aliphatic carbocycles. The van der Waals surface area contributed by atoms with Crippen LogP contribution >= 0.6 is 0 Å². The highest BCUT2D eigenvalue weighted by molar-refractivity contribution is 5.82. The van der Waals surface area contributed by atoms with Gasteiger partial charge in [0.25, 0.3) is 0 Å². The van der Waals surface area contributed by atoms with Gasteiger partial charge in [-0.1, -0.05) is 20.3 Å². The van der Waals surface area contributed by atoms with Gasteiger partial charge in [-0.15, -0.1) is 0 Å². The van der Waals surface area contributed by atoms with Gasteiger partial charge in [0.15, 0.2) is 0 Å². The monoisotopic (exact) mass is 228 g/mol. The molecule has 0 spiro atoms. The molecule has 1 saturated carbocycles. The van der Waals surface area contributed by atoms with Gasteiger partial charge in [0.2, 0.25) is 5.91 Å². The van der Waals surface area contributed by atoms with Gasteiger partial charge in [0.05, 0.1) is 18.2 Å². The quantitative estimate of drug-likeness (QED) is 0.739. The lowest BCUT2D eigenvalue weighted by Gasteiger charge is -2.24. The Morgan fingerprint density at radius 2 is 2.25 bits per heavy atom. The summed E-state index contributed by atoms with van der Waals surface area (Å²) < 4.78 is 5.34. The smallest absolute Gasteiger partial charge is 0.237 e. The number of rotatable bonds is 5. The molecule has 0 heterocycles. The molecule has 1 rings (SSSR count). The first-order valence-corrected chi connectivity index (χ1v) is 6.18. The van der Waals surface area contributed by atoms with Gasteiger partial charge in [-0.3, -0.25) is 4.79 Å². The molecule has 4 heteroatoms. The lowest BCUT2D eigenvalue weighted by atomic mass is 9.99. The Bertz CT molecular complexity index is 233. The molecule has 0 aliphatic heterocycles. The summed E-state index contributed by atoms with van der Waals surface area (Å²) in [5.41, 5.74) is 5.88. The fourth-order valence-corrected chi connectivity index (χ4v) is 2.16. The zero-order chi connectivity index (χ0) is 12.1. The number of hydrogen-bond acceptors (Lipinski definition) is 3. The van der Waals surface area contributed by atoms with Crippen LogP contribution in [0.5, 0.6) is 0 Å². The van der Waals surface area contributed by atoms with Crippen LogP contribution in [-0.4, -0.2) is 31.2 Å². The normalized spacial score (nSPS) is 28.8. The van der Waals surface area contributed by atoms with Gasteiger partial charge in [-0.05, 0) is 25.2 Å². The van der Waals surface area contributed by atoms with Gasteiger partial charge in [-0.25, -0.2) is 0 Å². The van der Waals surface area contributed by atoms with Crippen molar-refractivity contribution in [3.05, 3.63) is 0 Å². The largest absolute Gasteiger partial charge is 0.379 e. The van der Waals surface area contributed by atoms with E-state index >= 15 is 0 Å². The van der Waals surface area contributed by atoms with E-state index in [-0.39, 0.29) is 24.0 Å². The lowest BCUT2D eigenvalue weighted by molar-refractivity contribution is -0.124. The zero-order valence-electron chi connectivity index (χ0n) is 10.5. The zero-order valence-corrected chi connectivity index (χ0v) is 10.5. The van der Waals surface area contributed by atoms with Gasteiger partial charge in [0.1, 0.15) is 0 Å². The van der Waals surface area contributed by atoms with Crippen molar-refractivity contribution < 1.29 is 9.53 Å². The predicted octanol–water partition coefficient (Wildman–Crippen LogP) is 1.04. The van der Waals surface area contributed by atoms with Crippen LogP contribution in [0.25, 0.3) is 0 Å². The highest BCUT2D eigenvalue weighted by Gasteiger charge is 2.30. The fraction of sp³-hybridized carbons (Fsp3) is 0.917. The maximum absolute atomic E-state index is 11.9. The Morgan fingerprint density at radius 1 is 1.56 bits per heavy atom. The minimum atomic E-state index is -0.400. The summed E-state index contributed by atoms with van der Waals surface area (Å²) in [6.45, 7) is 4.05. The number of carbonyl (C=O) groups excluding carboxylic acids is 1. The SMILES string of the molecule is CC[C@H](C)[C@H](N)C(=O)NC1CCCC1OC. The van der Waals surface area contributed by atoms with E-state index in [1.165, 1.54) is 0 Å². The third-order valence-corrected chi connectivity index (χ3v) is 3.64. The highest BCUT2D eigenvalue weighted by Crippen LogP contribution is 2.21. The van der Waals surface area contributed by atoms with Crippen molar-refractivity contribution in [2.45, 2.75) is 57.7 Å². The van der Waals surface area contributed by atoms with Crippen LogP contribution in [0.4, 0.5) is 0 Å². The van der Waals surface area contributed by atoms with Crippen LogP contribution in [0.1, 0.15) is 39.5 Å². The summed E-state index contributed by atoms with van der Waals surface area (Å²) >= 11 is 0. The number of carbonyl (C=O) groups is 1. The van der Waals surface area contributed by atoms with Crippen LogP contribution in [0.2, 0.25) is 0 Å². The molecule has 2 unspecified atom stereocenters. The van der Waals surface area contributed by atoms with E-state index in [4.69, 9.17) is 10.5 Å². The molecular weight excluding hydrogens is 204 g/mol. The van der Waals surface area contributed by atoms with Gasteiger partial charge in [-0.2, -0.15) is 0 Å². The van der Waals surface area contributed by atoms with Crippen molar-refractivity contribution in [1.82, 2.24) is 5.32 Å². The Kier molecular flexibility index (Phi) is 5.22. The number of nitrogens with one attached hydrogen (secondary N) is 1.